The molecule has 0 spiro atoms. The van der Waals surface area contributed by atoms with Gasteiger partial charge in [-0.3, -0.25) is 9.69 Å². The van der Waals surface area contributed by atoms with Crippen LogP contribution in [0.15, 0.2) is 22.7 Å². The van der Waals surface area contributed by atoms with Crippen LogP contribution in [-0.2, 0) is 0 Å². The summed E-state index contributed by atoms with van der Waals surface area (Å²) in [5.74, 6) is -0.0110. The zero-order valence-corrected chi connectivity index (χ0v) is 16.2. The Morgan fingerprint density at radius 2 is 1.90 bits per heavy atom. The Morgan fingerprint density at radius 1 is 1.30 bits per heavy atom. The second kappa shape index (κ2) is 8.34. The molecule has 5 heteroatoms. The maximum Gasteiger partial charge on any atom is 0.252 e. The van der Waals surface area contributed by atoms with E-state index in [0.29, 0.717) is 18.6 Å². The lowest BCUT2D eigenvalue weighted by Crippen LogP contribution is -2.42. The summed E-state index contributed by atoms with van der Waals surface area (Å²) in [6.07, 6.45) is 0. The molecule has 0 aliphatic carbocycles. The van der Waals surface area contributed by atoms with Crippen molar-refractivity contribution in [2.75, 3.05) is 13.1 Å². The summed E-state index contributed by atoms with van der Waals surface area (Å²) in [6, 6.07) is 6.71. The molecule has 0 unspecified atom stereocenters. The van der Waals surface area contributed by atoms with Crippen molar-refractivity contribution in [3.05, 3.63) is 31.8 Å². The number of benzene rings is 1. The van der Waals surface area contributed by atoms with E-state index in [1.54, 1.807) is 0 Å². The molecule has 3 nitrogen and oxygen atoms in total. The third kappa shape index (κ3) is 5.33. The van der Waals surface area contributed by atoms with E-state index < -0.39 is 0 Å². The number of carbonyl (C=O) groups is 1. The lowest BCUT2D eigenvalue weighted by atomic mass is 10.2. The van der Waals surface area contributed by atoms with Crippen molar-refractivity contribution in [3.8, 4) is 0 Å². The van der Waals surface area contributed by atoms with Crippen molar-refractivity contribution in [3.63, 3.8) is 0 Å². The normalized spacial score (nSPS) is 11.4. The number of halogens is 2. The van der Waals surface area contributed by atoms with E-state index in [1.165, 1.54) is 0 Å². The Balaban J connectivity index is 2.57. The summed E-state index contributed by atoms with van der Waals surface area (Å²) in [6.45, 7) is 10.2. The van der Waals surface area contributed by atoms with Crippen molar-refractivity contribution in [1.82, 2.24) is 10.2 Å². The SMILES string of the molecule is CC(C)N(CCNC(=O)c1cc(Br)ccc1I)C(C)C. The third-order valence-electron chi connectivity index (χ3n) is 3.16. The first-order valence-electron chi connectivity index (χ1n) is 6.82. The van der Waals surface area contributed by atoms with Gasteiger partial charge in [-0.15, -0.1) is 0 Å². The van der Waals surface area contributed by atoms with E-state index in [-0.39, 0.29) is 5.91 Å². The van der Waals surface area contributed by atoms with Crippen LogP contribution < -0.4 is 5.32 Å². The van der Waals surface area contributed by atoms with Crippen molar-refractivity contribution in [2.24, 2.45) is 0 Å². The zero-order chi connectivity index (χ0) is 15.3. The van der Waals surface area contributed by atoms with Crippen LogP contribution in [0.5, 0.6) is 0 Å². The molecule has 0 fully saturated rings. The Kier molecular flexibility index (Phi) is 7.47. The van der Waals surface area contributed by atoms with Gasteiger partial charge in [0.15, 0.2) is 0 Å². The van der Waals surface area contributed by atoms with Crippen LogP contribution in [0.2, 0.25) is 0 Å². The van der Waals surface area contributed by atoms with Crippen LogP contribution in [0.4, 0.5) is 0 Å². The first-order chi connectivity index (χ1) is 9.32. The summed E-state index contributed by atoms with van der Waals surface area (Å²) < 4.78 is 1.89. The summed E-state index contributed by atoms with van der Waals surface area (Å²) in [7, 11) is 0. The second-order valence-corrected chi connectivity index (χ2v) is 7.38. The maximum absolute atomic E-state index is 12.2. The van der Waals surface area contributed by atoms with Crippen molar-refractivity contribution in [2.45, 2.75) is 39.8 Å². The smallest absolute Gasteiger partial charge is 0.252 e. The highest BCUT2D eigenvalue weighted by Gasteiger charge is 2.14. The number of carbonyl (C=O) groups excluding carboxylic acids is 1. The van der Waals surface area contributed by atoms with Gasteiger partial charge in [0, 0.05) is 33.2 Å². The molecule has 1 N–H and O–H groups in total. The van der Waals surface area contributed by atoms with Gasteiger partial charge in [0.05, 0.1) is 5.56 Å². The van der Waals surface area contributed by atoms with E-state index in [4.69, 9.17) is 0 Å². The minimum atomic E-state index is -0.0110. The van der Waals surface area contributed by atoms with E-state index in [9.17, 15) is 4.79 Å². The third-order valence-corrected chi connectivity index (χ3v) is 4.59. The number of hydrogen-bond donors (Lipinski definition) is 1. The minimum Gasteiger partial charge on any atom is -0.351 e. The molecule has 1 amide bonds. The standard InChI is InChI=1S/C15H22BrIN2O/c1-10(2)19(11(3)4)8-7-18-15(20)13-9-12(16)5-6-14(13)17/h5-6,9-11H,7-8H2,1-4H3,(H,18,20). The Bertz CT molecular complexity index is 455. The van der Waals surface area contributed by atoms with Gasteiger partial charge >= 0.3 is 0 Å². The fourth-order valence-electron chi connectivity index (χ4n) is 2.18. The first kappa shape index (κ1) is 17.9. The van der Waals surface area contributed by atoms with Crippen LogP contribution in [0.1, 0.15) is 38.1 Å². The molecule has 0 atom stereocenters. The van der Waals surface area contributed by atoms with E-state index >= 15 is 0 Å². The molecule has 0 radical (unpaired) electrons. The molecule has 0 heterocycles. The predicted molar refractivity (Wildman–Crippen MR) is 96.2 cm³/mol. The van der Waals surface area contributed by atoms with Gasteiger partial charge < -0.3 is 5.32 Å². The van der Waals surface area contributed by atoms with Crippen molar-refractivity contribution in [1.29, 1.82) is 0 Å². The molecule has 0 bridgehead atoms. The van der Waals surface area contributed by atoms with Crippen LogP contribution in [-0.4, -0.2) is 36.0 Å². The van der Waals surface area contributed by atoms with E-state index in [1.807, 2.05) is 18.2 Å². The van der Waals surface area contributed by atoms with E-state index in [2.05, 4.69) is 76.4 Å². The van der Waals surface area contributed by atoms with E-state index in [0.717, 1.165) is 20.2 Å². The topological polar surface area (TPSA) is 32.3 Å². The molecule has 112 valence electrons. The van der Waals surface area contributed by atoms with Crippen LogP contribution in [0.3, 0.4) is 0 Å². The van der Waals surface area contributed by atoms with Gasteiger partial charge in [-0.1, -0.05) is 15.9 Å². The van der Waals surface area contributed by atoms with Gasteiger partial charge in [-0.2, -0.15) is 0 Å². The monoisotopic (exact) mass is 452 g/mol. The van der Waals surface area contributed by atoms with Crippen LogP contribution in [0, 0.1) is 3.57 Å². The second-order valence-electron chi connectivity index (χ2n) is 5.31. The Morgan fingerprint density at radius 3 is 2.45 bits per heavy atom. The summed E-state index contributed by atoms with van der Waals surface area (Å²) in [4.78, 5) is 14.6. The lowest BCUT2D eigenvalue weighted by Gasteiger charge is -2.30. The highest BCUT2D eigenvalue weighted by atomic mass is 127. The number of nitrogens with zero attached hydrogens (tertiary/aromatic N) is 1. The highest BCUT2D eigenvalue weighted by Crippen LogP contribution is 2.18. The Hall–Kier alpha value is -0.140. The van der Waals surface area contributed by atoms with Gasteiger partial charge in [0.2, 0.25) is 0 Å². The largest absolute Gasteiger partial charge is 0.351 e. The molecular weight excluding hydrogens is 431 g/mol. The fourth-order valence-corrected chi connectivity index (χ4v) is 3.12. The lowest BCUT2D eigenvalue weighted by molar-refractivity contribution is 0.0938. The first-order valence-corrected chi connectivity index (χ1v) is 8.69. The number of rotatable bonds is 6. The Labute approximate surface area is 143 Å². The van der Waals surface area contributed by atoms with Crippen molar-refractivity contribution >= 4 is 44.4 Å². The highest BCUT2D eigenvalue weighted by molar-refractivity contribution is 14.1. The van der Waals surface area contributed by atoms with Crippen LogP contribution >= 0.6 is 38.5 Å². The van der Waals surface area contributed by atoms with Gasteiger partial charge in [0.1, 0.15) is 0 Å². The molecule has 1 aromatic carbocycles. The molecule has 1 rings (SSSR count). The van der Waals surface area contributed by atoms with Gasteiger partial charge in [-0.05, 0) is 68.5 Å². The molecule has 0 saturated carbocycles. The molecule has 0 aromatic heterocycles. The molecule has 0 aliphatic rings. The summed E-state index contributed by atoms with van der Waals surface area (Å²) >= 11 is 5.59. The number of hydrogen-bond acceptors (Lipinski definition) is 2. The molecule has 20 heavy (non-hydrogen) atoms. The number of nitrogens with one attached hydrogen (secondary N) is 1. The molecule has 0 saturated heterocycles. The molecule has 1 aromatic rings. The van der Waals surface area contributed by atoms with Gasteiger partial charge in [0.25, 0.3) is 5.91 Å². The summed E-state index contributed by atoms with van der Waals surface area (Å²) in [5, 5.41) is 3.00. The fraction of sp³-hybridized carbons (Fsp3) is 0.533. The van der Waals surface area contributed by atoms with Crippen molar-refractivity contribution < 1.29 is 4.79 Å². The average Bonchev–Trinajstić information content (AvgIpc) is 2.36. The summed E-state index contributed by atoms with van der Waals surface area (Å²) in [5.41, 5.74) is 0.723. The quantitative estimate of drug-likeness (QED) is 0.664. The van der Waals surface area contributed by atoms with Crippen LogP contribution in [0.25, 0.3) is 0 Å². The predicted octanol–water partition coefficient (Wildman–Crippen LogP) is 3.90. The number of amides is 1. The zero-order valence-electron chi connectivity index (χ0n) is 12.4. The molecular formula is C15H22BrIN2O. The maximum atomic E-state index is 12.2. The average molecular weight is 453 g/mol. The minimum absolute atomic E-state index is 0.0110. The van der Waals surface area contributed by atoms with Gasteiger partial charge in [-0.25, -0.2) is 0 Å². The molecule has 0 aliphatic heterocycles.